The van der Waals surface area contributed by atoms with Crippen molar-refractivity contribution in [2.75, 3.05) is 13.2 Å². The van der Waals surface area contributed by atoms with Gasteiger partial charge in [-0.1, -0.05) is 23.7 Å². The molecule has 1 aliphatic heterocycles. The third-order valence-corrected chi connectivity index (χ3v) is 5.72. The van der Waals surface area contributed by atoms with Crippen LogP contribution in [0.25, 0.3) is 16.9 Å². The van der Waals surface area contributed by atoms with Crippen molar-refractivity contribution >= 4 is 28.7 Å². The third kappa shape index (κ3) is 3.79. The number of carbonyl (C=O) groups is 1. The molecule has 0 bridgehead atoms. The van der Waals surface area contributed by atoms with Crippen LogP contribution in [0.15, 0.2) is 40.2 Å². The minimum atomic E-state index is -0.800. The zero-order valence-corrected chi connectivity index (χ0v) is 18.0. The Labute approximate surface area is 182 Å². The highest BCUT2D eigenvalue weighted by atomic mass is 35.5. The second-order valence-electron chi connectivity index (χ2n) is 7.37. The number of rotatable bonds is 6. The van der Waals surface area contributed by atoms with Gasteiger partial charge in [-0.25, -0.2) is 19.1 Å². The lowest BCUT2D eigenvalue weighted by atomic mass is 10.2. The highest BCUT2D eigenvalue weighted by molar-refractivity contribution is 6.32. The van der Waals surface area contributed by atoms with Gasteiger partial charge in [-0.2, -0.15) is 0 Å². The van der Waals surface area contributed by atoms with Gasteiger partial charge in [0.2, 0.25) is 0 Å². The van der Waals surface area contributed by atoms with Crippen LogP contribution in [0.4, 0.5) is 0 Å². The van der Waals surface area contributed by atoms with Crippen LogP contribution >= 0.6 is 11.6 Å². The van der Waals surface area contributed by atoms with E-state index >= 15 is 0 Å². The predicted molar refractivity (Wildman–Crippen MR) is 115 cm³/mol. The highest BCUT2D eigenvalue weighted by Gasteiger charge is 2.27. The molecule has 2 aromatic heterocycles. The molecule has 10 heteroatoms. The summed E-state index contributed by atoms with van der Waals surface area (Å²) in [7, 11) is 0. The molecule has 9 nitrogen and oxygen atoms in total. The van der Waals surface area contributed by atoms with Gasteiger partial charge in [-0.05, 0) is 38.8 Å². The monoisotopic (exact) mass is 446 g/mol. The average molecular weight is 447 g/mol. The van der Waals surface area contributed by atoms with Gasteiger partial charge in [-0.3, -0.25) is 9.36 Å². The van der Waals surface area contributed by atoms with Crippen LogP contribution in [-0.4, -0.2) is 44.0 Å². The normalized spacial score (nSPS) is 17.2. The van der Waals surface area contributed by atoms with E-state index in [0.717, 1.165) is 17.4 Å². The maximum Gasteiger partial charge on any atom is 0.337 e. The maximum absolute atomic E-state index is 13.4. The summed E-state index contributed by atoms with van der Waals surface area (Å²) in [5.41, 5.74) is -0.446. The molecule has 0 amide bonds. The number of ether oxygens (including phenoxy) is 2. The summed E-state index contributed by atoms with van der Waals surface area (Å²) in [6.45, 7) is 4.24. The van der Waals surface area contributed by atoms with Crippen LogP contribution < -0.4 is 11.2 Å². The van der Waals surface area contributed by atoms with Gasteiger partial charge < -0.3 is 14.0 Å². The number of halogens is 1. The standard InChI is InChI=1S/C21H23ClN4O5/c1-3-30-20(28)13(2)25-12-23-18-17(25)19(27)24(11-14-7-6-10-31-14)21(29)26(18)16-9-5-4-8-15(16)22/h4-5,8-9,12-14H,3,6-7,10-11H2,1-2H3/t13-,14+/m1/s1. The molecule has 0 aliphatic carbocycles. The first kappa shape index (κ1) is 21.3. The molecule has 31 heavy (non-hydrogen) atoms. The molecule has 1 saturated heterocycles. The summed E-state index contributed by atoms with van der Waals surface area (Å²) < 4.78 is 14.6. The lowest BCUT2D eigenvalue weighted by Gasteiger charge is -2.17. The first-order valence-corrected chi connectivity index (χ1v) is 10.6. The van der Waals surface area contributed by atoms with Gasteiger partial charge in [0.1, 0.15) is 6.04 Å². The first-order valence-electron chi connectivity index (χ1n) is 10.2. The molecule has 0 N–H and O–H groups in total. The Hall–Kier alpha value is -2.91. The minimum Gasteiger partial charge on any atom is -0.464 e. The van der Waals surface area contributed by atoms with Crippen molar-refractivity contribution in [2.24, 2.45) is 0 Å². The number of benzene rings is 1. The number of imidazole rings is 1. The molecule has 164 valence electrons. The van der Waals surface area contributed by atoms with Crippen molar-refractivity contribution in [3.63, 3.8) is 0 Å². The molecule has 1 fully saturated rings. The number of hydrogen-bond donors (Lipinski definition) is 0. The van der Waals surface area contributed by atoms with Crippen molar-refractivity contribution in [1.82, 2.24) is 18.7 Å². The van der Waals surface area contributed by atoms with Gasteiger partial charge >= 0.3 is 11.7 Å². The summed E-state index contributed by atoms with van der Waals surface area (Å²) >= 11 is 6.37. The molecule has 0 spiro atoms. The first-order chi connectivity index (χ1) is 14.9. The van der Waals surface area contributed by atoms with E-state index in [1.165, 1.54) is 15.5 Å². The summed E-state index contributed by atoms with van der Waals surface area (Å²) in [4.78, 5) is 43.5. The predicted octanol–water partition coefficient (Wildman–Crippen LogP) is 2.31. The number of carbonyl (C=O) groups excluding carboxylic acids is 1. The molecule has 1 aromatic carbocycles. The minimum absolute atomic E-state index is 0.108. The Morgan fingerprint density at radius 2 is 2.13 bits per heavy atom. The zero-order chi connectivity index (χ0) is 22.1. The molecule has 0 unspecified atom stereocenters. The van der Waals surface area contributed by atoms with Crippen LogP contribution in [0.2, 0.25) is 5.02 Å². The van der Waals surface area contributed by atoms with E-state index in [-0.39, 0.29) is 30.4 Å². The number of esters is 1. The Morgan fingerprint density at radius 1 is 1.35 bits per heavy atom. The third-order valence-electron chi connectivity index (χ3n) is 5.40. The second-order valence-corrected chi connectivity index (χ2v) is 7.78. The summed E-state index contributed by atoms with van der Waals surface area (Å²) in [5, 5.41) is 0.334. The molecular weight excluding hydrogens is 424 g/mol. The molecule has 3 heterocycles. The molecule has 1 aliphatic rings. The van der Waals surface area contributed by atoms with Crippen molar-refractivity contribution in [3.05, 3.63) is 56.5 Å². The molecule has 4 rings (SSSR count). The van der Waals surface area contributed by atoms with Crippen LogP contribution in [0.1, 0.15) is 32.7 Å². The van der Waals surface area contributed by atoms with Gasteiger partial charge in [0.05, 0.1) is 36.3 Å². The topological polar surface area (TPSA) is 97.4 Å². The highest BCUT2D eigenvalue weighted by Crippen LogP contribution is 2.23. The van der Waals surface area contributed by atoms with E-state index < -0.39 is 23.3 Å². The largest absolute Gasteiger partial charge is 0.464 e. The SMILES string of the molecule is CCOC(=O)[C@@H](C)n1cnc2c1c(=O)n(C[C@@H]1CCCO1)c(=O)n2-c1ccccc1Cl. The summed E-state index contributed by atoms with van der Waals surface area (Å²) in [6.07, 6.45) is 2.77. The van der Waals surface area contributed by atoms with Crippen LogP contribution in [0.5, 0.6) is 0 Å². The Balaban J connectivity index is 2.00. The number of nitrogens with zero attached hydrogens (tertiary/aromatic N) is 4. The van der Waals surface area contributed by atoms with E-state index in [4.69, 9.17) is 21.1 Å². The summed E-state index contributed by atoms with van der Waals surface area (Å²) in [6, 6.07) is 6.03. The van der Waals surface area contributed by atoms with Crippen molar-refractivity contribution in [1.29, 1.82) is 0 Å². The van der Waals surface area contributed by atoms with Gasteiger partial charge in [0.25, 0.3) is 5.56 Å². The van der Waals surface area contributed by atoms with E-state index in [0.29, 0.717) is 17.3 Å². The Bertz CT molecular complexity index is 1240. The number of hydrogen-bond acceptors (Lipinski definition) is 6. The number of aromatic nitrogens is 4. The van der Waals surface area contributed by atoms with E-state index in [9.17, 15) is 14.4 Å². The quantitative estimate of drug-likeness (QED) is 0.539. The van der Waals surface area contributed by atoms with Crippen molar-refractivity contribution < 1.29 is 14.3 Å². The van der Waals surface area contributed by atoms with E-state index in [1.807, 2.05) is 0 Å². The summed E-state index contributed by atoms with van der Waals surface area (Å²) in [5.74, 6) is -0.498. The number of para-hydroxylation sites is 1. The molecule has 2 atom stereocenters. The molecule has 0 saturated carbocycles. The molecule has 0 radical (unpaired) electrons. The average Bonchev–Trinajstić information content (AvgIpc) is 3.42. The lowest BCUT2D eigenvalue weighted by Crippen LogP contribution is -2.42. The fraction of sp³-hybridized carbons (Fsp3) is 0.429. The lowest BCUT2D eigenvalue weighted by molar-refractivity contribution is -0.146. The fourth-order valence-corrected chi connectivity index (χ4v) is 4.04. The van der Waals surface area contributed by atoms with Crippen LogP contribution in [0, 0.1) is 0 Å². The Morgan fingerprint density at radius 3 is 2.81 bits per heavy atom. The van der Waals surface area contributed by atoms with Crippen LogP contribution in [0.3, 0.4) is 0 Å². The second kappa shape index (κ2) is 8.68. The Kier molecular flexibility index (Phi) is 5.97. The molecule has 3 aromatic rings. The van der Waals surface area contributed by atoms with Crippen molar-refractivity contribution in [3.8, 4) is 5.69 Å². The van der Waals surface area contributed by atoms with Gasteiger partial charge in [-0.15, -0.1) is 0 Å². The van der Waals surface area contributed by atoms with Crippen LogP contribution in [-0.2, 0) is 20.8 Å². The van der Waals surface area contributed by atoms with Crippen molar-refractivity contribution in [2.45, 2.75) is 45.4 Å². The van der Waals surface area contributed by atoms with E-state index in [1.54, 1.807) is 38.1 Å². The zero-order valence-electron chi connectivity index (χ0n) is 17.3. The fourth-order valence-electron chi connectivity index (χ4n) is 3.82. The van der Waals surface area contributed by atoms with Gasteiger partial charge in [0.15, 0.2) is 11.2 Å². The smallest absolute Gasteiger partial charge is 0.337 e. The molecular formula is C21H23ClN4O5. The maximum atomic E-state index is 13.4. The van der Waals surface area contributed by atoms with Gasteiger partial charge in [0, 0.05) is 6.61 Å². The number of fused-ring (bicyclic) bond motifs is 1. The van der Waals surface area contributed by atoms with E-state index in [2.05, 4.69) is 4.98 Å².